The van der Waals surface area contributed by atoms with Crippen molar-refractivity contribution in [1.82, 2.24) is 20.2 Å². The van der Waals surface area contributed by atoms with Gasteiger partial charge >= 0.3 is 0 Å². The SMILES string of the molecule is CC(C)(N)C(=O)NC(COCc1ccc(F)cc1F)C(=O)N1CCC2=NN(CF)C(=O)[C@]2(Cc2ccccn2)C1. The topological polar surface area (TPSA) is 130 Å². The molecule has 0 saturated carbocycles. The average molecular weight is 561 g/mol. The number of rotatable bonds is 10. The lowest BCUT2D eigenvalue weighted by Crippen LogP contribution is -2.61. The van der Waals surface area contributed by atoms with Gasteiger partial charge in [-0.25, -0.2) is 18.2 Å². The van der Waals surface area contributed by atoms with E-state index in [0.717, 1.165) is 11.1 Å². The summed E-state index contributed by atoms with van der Waals surface area (Å²) in [6.07, 6.45) is 1.87. The van der Waals surface area contributed by atoms with Gasteiger partial charge in [0.25, 0.3) is 5.91 Å². The van der Waals surface area contributed by atoms with Crippen LogP contribution in [-0.4, -0.2) is 76.4 Å². The number of alkyl halides is 1. The molecule has 4 rings (SSSR count). The van der Waals surface area contributed by atoms with Crippen LogP contribution in [0.25, 0.3) is 0 Å². The van der Waals surface area contributed by atoms with Gasteiger partial charge in [-0.1, -0.05) is 12.1 Å². The number of hydrogen-bond donors (Lipinski definition) is 2. The summed E-state index contributed by atoms with van der Waals surface area (Å²) in [5, 5.41) is 7.52. The Morgan fingerprint density at radius 1 is 1.25 bits per heavy atom. The van der Waals surface area contributed by atoms with Crippen LogP contribution in [0.4, 0.5) is 13.2 Å². The second-order valence-corrected chi connectivity index (χ2v) is 10.5. The van der Waals surface area contributed by atoms with Gasteiger partial charge in [0.1, 0.15) is 23.1 Å². The maximum Gasteiger partial charge on any atom is 0.259 e. The number of hydrogen-bond acceptors (Lipinski definition) is 7. The third kappa shape index (κ3) is 6.15. The number of nitrogens with zero attached hydrogens (tertiary/aromatic N) is 4. The van der Waals surface area contributed by atoms with E-state index < -0.39 is 53.2 Å². The van der Waals surface area contributed by atoms with Crippen molar-refractivity contribution < 1.29 is 32.3 Å². The van der Waals surface area contributed by atoms with Crippen LogP contribution in [0.15, 0.2) is 47.7 Å². The Balaban J connectivity index is 1.56. The highest BCUT2D eigenvalue weighted by atomic mass is 19.1. The van der Waals surface area contributed by atoms with Crippen molar-refractivity contribution in [2.75, 3.05) is 26.5 Å². The van der Waals surface area contributed by atoms with Gasteiger partial charge in [-0.05, 0) is 32.0 Å². The second kappa shape index (κ2) is 11.7. The van der Waals surface area contributed by atoms with Crippen molar-refractivity contribution in [3.05, 3.63) is 65.5 Å². The zero-order chi connectivity index (χ0) is 29.1. The van der Waals surface area contributed by atoms with Crippen molar-refractivity contribution in [3.63, 3.8) is 0 Å². The van der Waals surface area contributed by atoms with Gasteiger partial charge in [0.05, 0.1) is 24.5 Å². The molecule has 0 spiro atoms. The minimum absolute atomic E-state index is 0.0640. The first kappa shape index (κ1) is 29.2. The number of piperidine rings is 1. The number of hydrazone groups is 1. The molecule has 2 aliphatic rings. The molecule has 2 aromatic rings. The molecule has 3 amide bonds. The number of nitrogens with two attached hydrogens (primary N) is 1. The number of ether oxygens (including phenoxy) is 1. The predicted octanol–water partition coefficient (Wildman–Crippen LogP) is 1.69. The molecule has 0 radical (unpaired) electrons. The van der Waals surface area contributed by atoms with E-state index in [0.29, 0.717) is 17.5 Å². The number of nitrogens with one attached hydrogen (secondary N) is 1. The van der Waals surface area contributed by atoms with Crippen LogP contribution in [0.1, 0.15) is 31.5 Å². The molecule has 1 aromatic carbocycles. The molecule has 1 unspecified atom stereocenters. The predicted molar refractivity (Wildman–Crippen MR) is 138 cm³/mol. The molecule has 0 bridgehead atoms. The summed E-state index contributed by atoms with van der Waals surface area (Å²) in [5.41, 5.74) is 4.35. The van der Waals surface area contributed by atoms with Crippen molar-refractivity contribution in [3.8, 4) is 0 Å². The van der Waals surface area contributed by atoms with Gasteiger partial charge < -0.3 is 20.7 Å². The van der Waals surface area contributed by atoms with E-state index >= 15 is 0 Å². The van der Waals surface area contributed by atoms with E-state index in [-0.39, 0.29) is 44.7 Å². The summed E-state index contributed by atoms with van der Waals surface area (Å²) in [7, 11) is 0. The van der Waals surface area contributed by atoms with E-state index in [2.05, 4.69) is 15.4 Å². The number of aromatic nitrogens is 1. The highest BCUT2D eigenvalue weighted by Crippen LogP contribution is 2.38. The summed E-state index contributed by atoms with van der Waals surface area (Å²) in [6.45, 7) is 1.20. The summed E-state index contributed by atoms with van der Waals surface area (Å²) in [5.74, 6) is -3.34. The van der Waals surface area contributed by atoms with Crippen molar-refractivity contribution >= 4 is 23.4 Å². The lowest BCUT2D eigenvalue weighted by atomic mass is 9.74. The number of carbonyl (C=O) groups excluding carboxylic acids is 3. The Morgan fingerprint density at radius 2 is 2.02 bits per heavy atom. The number of benzene rings is 1. The van der Waals surface area contributed by atoms with Crippen molar-refractivity contribution in [1.29, 1.82) is 0 Å². The number of likely N-dealkylation sites (tertiary alicyclic amines) is 1. The quantitative estimate of drug-likeness (QED) is 0.426. The molecule has 2 atom stereocenters. The molecule has 1 fully saturated rings. The number of halogens is 3. The molecule has 40 heavy (non-hydrogen) atoms. The zero-order valence-electron chi connectivity index (χ0n) is 22.2. The molecule has 3 heterocycles. The summed E-state index contributed by atoms with van der Waals surface area (Å²) >= 11 is 0. The number of carbonyl (C=O) groups is 3. The first-order valence-electron chi connectivity index (χ1n) is 12.7. The zero-order valence-corrected chi connectivity index (χ0v) is 22.2. The summed E-state index contributed by atoms with van der Waals surface area (Å²) in [6, 6.07) is 6.99. The van der Waals surface area contributed by atoms with Crippen LogP contribution in [0.2, 0.25) is 0 Å². The molecular formula is C27H31F3N6O4. The second-order valence-electron chi connectivity index (χ2n) is 10.5. The minimum Gasteiger partial charge on any atom is -0.374 e. The molecular weight excluding hydrogens is 529 g/mol. The fourth-order valence-electron chi connectivity index (χ4n) is 4.73. The highest BCUT2D eigenvalue weighted by Gasteiger charge is 2.55. The monoisotopic (exact) mass is 560 g/mol. The fourth-order valence-corrected chi connectivity index (χ4v) is 4.73. The normalized spacial score (nSPS) is 19.8. The van der Waals surface area contributed by atoms with Crippen LogP contribution in [0.5, 0.6) is 0 Å². The van der Waals surface area contributed by atoms with Crippen molar-refractivity contribution in [2.24, 2.45) is 16.3 Å². The Kier molecular flexibility index (Phi) is 8.54. The lowest BCUT2D eigenvalue weighted by Gasteiger charge is -2.40. The van der Waals surface area contributed by atoms with Gasteiger partial charge in [-0.2, -0.15) is 5.10 Å². The van der Waals surface area contributed by atoms with E-state index in [1.807, 2.05) is 0 Å². The third-order valence-electron chi connectivity index (χ3n) is 6.90. The smallest absolute Gasteiger partial charge is 0.259 e. The first-order valence-corrected chi connectivity index (χ1v) is 12.7. The number of fused-ring (bicyclic) bond motifs is 1. The lowest BCUT2D eigenvalue weighted by molar-refractivity contribution is -0.145. The van der Waals surface area contributed by atoms with Crippen LogP contribution in [0, 0.1) is 17.0 Å². The maximum atomic E-state index is 14.1. The number of amides is 3. The van der Waals surface area contributed by atoms with Gasteiger partial charge in [0.2, 0.25) is 11.8 Å². The summed E-state index contributed by atoms with van der Waals surface area (Å²) in [4.78, 5) is 45.5. The third-order valence-corrected chi connectivity index (χ3v) is 6.90. The van der Waals surface area contributed by atoms with Crippen LogP contribution in [-0.2, 0) is 32.1 Å². The Bertz CT molecular complexity index is 1300. The Labute approximate surface area is 229 Å². The Morgan fingerprint density at radius 3 is 2.67 bits per heavy atom. The van der Waals surface area contributed by atoms with Gasteiger partial charge in [0, 0.05) is 49.5 Å². The van der Waals surface area contributed by atoms with Crippen LogP contribution >= 0.6 is 0 Å². The molecule has 214 valence electrons. The van der Waals surface area contributed by atoms with Crippen LogP contribution in [0.3, 0.4) is 0 Å². The van der Waals surface area contributed by atoms with Gasteiger partial charge in [-0.3, -0.25) is 19.4 Å². The molecule has 2 aliphatic heterocycles. The van der Waals surface area contributed by atoms with Gasteiger partial charge in [0.15, 0.2) is 6.80 Å². The molecule has 13 heteroatoms. The molecule has 1 aromatic heterocycles. The maximum absolute atomic E-state index is 14.1. The van der Waals surface area contributed by atoms with E-state index in [1.54, 1.807) is 24.4 Å². The largest absolute Gasteiger partial charge is 0.374 e. The van der Waals surface area contributed by atoms with Crippen LogP contribution < -0.4 is 11.1 Å². The average Bonchev–Trinajstić information content (AvgIpc) is 3.19. The van der Waals surface area contributed by atoms with E-state index in [4.69, 9.17) is 10.5 Å². The minimum atomic E-state index is -1.33. The van der Waals surface area contributed by atoms with E-state index in [1.165, 1.54) is 24.8 Å². The fraction of sp³-hybridized carbons (Fsp3) is 0.444. The number of pyridine rings is 1. The first-order chi connectivity index (χ1) is 18.9. The molecule has 10 nitrogen and oxygen atoms in total. The van der Waals surface area contributed by atoms with Crippen molar-refractivity contribution in [2.45, 2.75) is 44.9 Å². The highest BCUT2D eigenvalue weighted by molar-refractivity contribution is 6.13. The molecule has 0 aliphatic carbocycles. The van der Waals surface area contributed by atoms with Gasteiger partial charge in [-0.15, -0.1) is 0 Å². The standard InChI is InChI=1S/C27H31F3N6O4/c1-26(2,31)24(38)33-21(14-40-13-17-6-7-18(29)11-20(17)30)23(37)35-10-8-22-27(15-35,25(39)36(16-28)34-22)12-19-5-3-4-9-32-19/h3-7,9,11,21H,8,10,12-16,31H2,1-2H3,(H,33,38)/t21?,27-/m1/s1. The Hall–Kier alpha value is -3.84. The molecule has 3 N–H and O–H groups in total. The molecule has 1 saturated heterocycles. The summed E-state index contributed by atoms with van der Waals surface area (Å²) < 4.78 is 46.5. The van der Waals surface area contributed by atoms with E-state index in [9.17, 15) is 27.6 Å².